The van der Waals surface area contributed by atoms with Crippen molar-refractivity contribution in [2.75, 3.05) is 0 Å². The third-order valence-corrected chi connectivity index (χ3v) is 10.7. The van der Waals surface area contributed by atoms with Crippen molar-refractivity contribution in [2.45, 2.75) is 0 Å². The van der Waals surface area contributed by atoms with Gasteiger partial charge in [-0.25, -0.2) is 29.9 Å². The number of benzene rings is 6. The molecule has 0 amide bonds. The third kappa shape index (κ3) is 5.46. The number of nitrogens with zero attached hydrogens (tertiary/aromatic N) is 12. The molecule has 6 aromatic heterocycles. The van der Waals surface area contributed by atoms with Gasteiger partial charge < -0.3 is 0 Å². The van der Waals surface area contributed by atoms with Crippen LogP contribution in [0.3, 0.4) is 0 Å². The Morgan fingerprint density at radius 1 is 0.300 bits per heavy atom. The maximum atomic E-state index is 5.14. The molecule has 6 aromatic carbocycles. The molecule has 0 radical (unpaired) electrons. The van der Waals surface area contributed by atoms with E-state index in [1.807, 2.05) is 60.7 Å². The van der Waals surface area contributed by atoms with E-state index >= 15 is 0 Å². The molecule has 12 nitrogen and oxygen atoms in total. The van der Waals surface area contributed by atoms with Gasteiger partial charge in [-0.3, -0.25) is 29.9 Å². The quantitative estimate of drug-likeness (QED) is 0.148. The topological polar surface area (TPSA) is 155 Å². The first-order chi connectivity index (χ1) is 29.7. The zero-order valence-corrected chi connectivity index (χ0v) is 31.4. The molecule has 12 aromatic rings. The van der Waals surface area contributed by atoms with Crippen molar-refractivity contribution in [1.29, 1.82) is 0 Å². The second kappa shape index (κ2) is 13.5. The van der Waals surface area contributed by atoms with Gasteiger partial charge in [-0.2, -0.15) is 0 Å². The first kappa shape index (κ1) is 33.5. The molecule has 0 N–H and O–H groups in total. The number of hydrogen-bond acceptors (Lipinski definition) is 12. The van der Waals surface area contributed by atoms with Crippen molar-refractivity contribution in [3.63, 3.8) is 0 Å². The average molecular weight is 771 g/mol. The van der Waals surface area contributed by atoms with E-state index in [9.17, 15) is 0 Å². The van der Waals surface area contributed by atoms with Gasteiger partial charge in [-0.05, 0) is 93.0 Å². The zero-order valence-electron chi connectivity index (χ0n) is 31.4. The highest BCUT2D eigenvalue weighted by molar-refractivity contribution is 6.27. The van der Waals surface area contributed by atoms with Crippen LogP contribution in [0.4, 0.5) is 0 Å². The Morgan fingerprint density at radius 3 is 1.17 bits per heavy atom. The Morgan fingerprint density at radius 2 is 0.717 bits per heavy atom. The van der Waals surface area contributed by atoms with Gasteiger partial charge in [-0.1, -0.05) is 48.5 Å². The Kier molecular flexibility index (Phi) is 7.53. The Labute approximate surface area is 340 Å². The van der Waals surface area contributed by atoms with E-state index < -0.39 is 0 Å². The molecule has 0 aliphatic heterocycles. The normalized spacial score (nSPS) is 11.7. The lowest BCUT2D eigenvalue weighted by Gasteiger charge is -2.16. The standard InChI is InChI=1S/C48H26N12/c1-7-35(41-37(9-1)51-21-23-53-41)47-57-43(29-5-3-19-49-25-29)55-45(59-47)33-17-13-27-12-16-32-34(18-14-28-11-15-31(33)39(27)40(28)32)46-56-44(30-6-4-20-50-26-30)58-48(60-46)36-8-2-10-38-42(36)54-24-22-52-38/h1-26H. The fourth-order valence-electron chi connectivity index (χ4n) is 8.02. The van der Waals surface area contributed by atoms with Gasteiger partial charge in [0.05, 0.1) is 22.1 Å². The molecule has 12 rings (SSSR count). The minimum atomic E-state index is 0.491. The minimum absolute atomic E-state index is 0.491. The largest absolute Gasteiger partial charge is 0.264 e. The smallest absolute Gasteiger partial charge is 0.166 e. The van der Waals surface area contributed by atoms with Crippen LogP contribution in [-0.2, 0) is 0 Å². The second-order valence-electron chi connectivity index (χ2n) is 14.2. The summed E-state index contributed by atoms with van der Waals surface area (Å²) in [6, 6.07) is 36.4. The molecule has 12 heteroatoms. The fourth-order valence-corrected chi connectivity index (χ4v) is 8.02. The van der Waals surface area contributed by atoms with Crippen LogP contribution in [0.15, 0.2) is 159 Å². The lowest BCUT2D eigenvalue weighted by Crippen LogP contribution is -2.02. The maximum absolute atomic E-state index is 5.14. The van der Waals surface area contributed by atoms with Crippen LogP contribution in [0.2, 0.25) is 0 Å². The fraction of sp³-hybridized carbons (Fsp3) is 0. The molecular formula is C48H26N12. The van der Waals surface area contributed by atoms with E-state index in [1.54, 1.807) is 49.6 Å². The van der Waals surface area contributed by atoms with Gasteiger partial charge in [0.2, 0.25) is 0 Å². The van der Waals surface area contributed by atoms with E-state index in [2.05, 4.69) is 78.4 Å². The summed E-state index contributed by atoms with van der Waals surface area (Å²) in [6.45, 7) is 0. The van der Waals surface area contributed by atoms with Crippen molar-refractivity contribution < 1.29 is 0 Å². The van der Waals surface area contributed by atoms with E-state index in [0.29, 0.717) is 46.0 Å². The highest BCUT2D eigenvalue weighted by atomic mass is 15.0. The van der Waals surface area contributed by atoms with Crippen molar-refractivity contribution >= 4 is 54.4 Å². The number of pyridine rings is 2. The summed E-state index contributed by atoms with van der Waals surface area (Å²) in [5, 5.41) is 6.31. The van der Waals surface area contributed by atoms with Crippen molar-refractivity contribution in [2.24, 2.45) is 0 Å². The molecule has 60 heavy (non-hydrogen) atoms. The third-order valence-electron chi connectivity index (χ3n) is 10.7. The molecule has 0 unspecified atom stereocenters. The SMILES string of the molecule is c1cncc(-c2nc(-c3ccc4ccc5c(-c6nc(-c7cccnc7)nc(-c7cccc8nccnc78)n6)ccc6ccc3c4c65)nc(-c3cccc4nccnc34)n2)c1. The second-order valence-corrected chi connectivity index (χ2v) is 14.2. The molecule has 0 bridgehead atoms. The summed E-state index contributed by atoms with van der Waals surface area (Å²) in [4.78, 5) is 57.5. The molecule has 0 fully saturated rings. The minimum Gasteiger partial charge on any atom is -0.264 e. The molecule has 0 atom stereocenters. The lowest BCUT2D eigenvalue weighted by molar-refractivity contribution is 1.07. The molecule has 6 heterocycles. The first-order valence-corrected chi connectivity index (χ1v) is 19.2. The van der Waals surface area contributed by atoms with E-state index in [0.717, 1.165) is 76.7 Å². The maximum Gasteiger partial charge on any atom is 0.166 e. The summed E-state index contributed by atoms with van der Waals surface area (Å²) < 4.78 is 0. The van der Waals surface area contributed by atoms with E-state index in [4.69, 9.17) is 29.9 Å². The predicted molar refractivity (Wildman–Crippen MR) is 231 cm³/mol. The van der Waals surface area contributed by atoms with Gasteiger partial charge in [0.1, 0.15) is 0 Å². The molecule has 0 spiro atoms. The molecule has 0 saturated carbocycles. The van der Waals surface area contributed by atoms with E-state index in [-0.39, 0.29) is 0 Å². The number of para-hydroxylation sites is 2. The average Bonchev–Trinajstić information content (AvgIpc) is 3.33. The van der Waals surface area contributed by atoms with Gasteiger partial charge in [0, 0.05) is 83.0 Å². The van der Waals surface area contributed by atoms with Crippen LogP contribution < -0.4 is 0 Å². The van der Waals surface area contributed by atoms with Crippen molar-refractivity contribution in [3.05, 3.63) is 159 Å². The van der Waals surface area contributed by atoms with Gasteiger partial charge in [0.25, 0.3) is 0 Å². The Hall–Kier alpha value is -8.64. The highest BCUT2D eigenvalue weighted by Crippen LogP contribution is 2.42. The molecule has 0 saturated heterocycles. The Bertz CT molecular complexity index is 3370. The first-order valence-electron chi connectivity index (χ1n) is 19.2. The molecule has 0 aliphatic carbocycles. The number of hydrogen-bond donors (Lipinski definition) is 0. The van der Waals surface area contributed by atoms with Gasteiger partial charge in [0.15, 0.2) is 34.9 Å². The van der Waals surface area contributed by atoms with E-state index in [1.165, 1.54) is 0 Å². The molecular weight excluding hydrogens is 745 g/mol. The van der Waals surface area contributed by atoms with Crippen LogP contribution in [0.5, 0.6) is 0 Å². The van der Waals surface area contributed by atoms with Crippen LogP contribution in [0.25, 0.3) is 123 Å². The predicted octanol–water partition coefficient (Wildman–Crippen LogP) is 9.63. The summed E-state index contributed by atoms with van der Waals surface area (Å²) in [5.41, 5.74) is 7.70. The summed E-state index contributed by atoms with van der Waals surface area (Å²) >= 11 is 0. The summed E-state index contributed by atoms with van der Waals surface area (Å²) in [7, 11) is 0. The van der Waals surface area contributed by atoms with Crippen molar-refractivity contribution in [3.8, 4) is 68.3 Å². The lowest BCUT2D eigenvalue weighted by atomic mass is 9.89. The van der Waals surface area contributed by atoms with Crippen LogP contribution in [0, 0.1) is 0 Å². The molecule has 278 valence electrons. The zero-order chi connectivity index (χ0) is 39.6. The van der Waals surface area contributed by atoms with Crippen LogP contribution in [0.1, 0.15) is 0 Å². The molecule has 0 aliphatic rings. The van der Waals surface area contributed by atoms with Gasteiger partial charge in [-0.15, -0.1) is 0 Å². The van der Waals surface area contributed by atoms with Gasteiger partial charge >= 0.3 is 0 Å². The number of fused-ring (bicyclic) bond motifs is 2. The summed E-state index contributed by atoms with van der Waals surface area (Å²) in [5.74, 6) is 3.04. The Balaban J connectivity index is 1.09. The van der Waals surface area contributed by atoms with Crippen LogP contribution in [-0.4, -0.2) is 59.8 Å². The number of rotatable bonds is 6. The highest BCUT2D eigenvalue weighted by Gasteiger charge is 2.21. The van der Waals surface area contributed by atoms with Crippen molar-refractivity contribution in [1.82, 2.24) is 59.8 Å². The monoisotopic (exact) mass is 770 g/mol. The summed E-state index contributed by atoms with van der Waals surface area (Å²) in [6.07, 6.45) is 13.7. The van der Waals surface area contributed by atoms with Crippen LogP contribution >= 0.6 is 0 Å². The number of aromatic nitrogens is 12.